The van der Waals surface area contributed by atoms with Gasteiger partial charge in [0.2, 0.25) is 0 Å². The maximum atomic E-state index is 12.2. The van der Waals surface area contributed by atoms with Crippen molar-refractivity contribution in [1.82, 2.24) is 15.5 Å². The minimum atomic E-state index is -0.324. The molecule has 2 aromatic rings. The second kappa shape index (κ2) is 5.28. The van der Waals surface area contributed by atoms with E-state index in [1.165, 1.54) is 11.3 Å². The van der Waals surface area contributed by atoms with Gasteiger partial charge in [0.1, 0.15) is 16.2 Å². The third kappa shape index (κ3) is 2.54. The van der Waals surface area contributed by atoms with Gasteiger partial charge in [-0.1, -0.05) is 16.5 Å². The predicted molar refractivity (Wildman–Crippen MR) is 76.7 cm³/mol. The van der Waals surface area contributed by atoms with E-state index in [2.05, 4.69) is 20.8 Å². The normalized spacial score (nSPS) is 14.3. The van der Waals surface area contributed by atoms with Gasteiger partial charge < -0.3 is 9.84 Å². The smallest absolute Gasteiger partial charge is 0.263 e. The Balaban J connectivity index is 1.85. The topological polar surface area (TPSA) is 97.1 Å². The molecule has 2 amide bonds. The molecule has 8 heteroatoms. The van der Waals surface area contributed by atoms with Crippen molar-refractivity contribution in [2.24, 2.45) is 0 Å². The van der Waals surface area contributed by atoms with E-state index in [1.54, 1.807) is 13.8 Å². The van der Waals surface area contributed by atoms with E-state index >= 15 is 0 Å². The SMILES string of the molecule is Cc1noc(C)c1C(=O)Nc1nc2c(s1)C(=O)NCCC2. The number of nitrogens with zero attached hydrogens (tertiary/aromatic N) is 2. The molecule has 1 aliphatic heterocycles. The number of carbonyl (C=O) groups excluding carboxylic acids is 2. The number of thiazole rings is 1. The van der Waals surface area contributed by atoms with Gasteiger partial charge >= 0.3 is 0 Å². The molecular weight excluding hydrogens is 292 g/mol. The van der Waals surface area contributed by atoms with Gasteiger partial charge in [0.25, 0.3) is 11.8 Å². The molecule has 110 valence electrons. The first-order chi connectivity index (χ1) is 10.1. The molecule has 3 rings (SSSR count). The average molecular weight is 306 g/mol. The molecule has 0 unspecified atom stereocenters. The Labute approximate surface area is 124 Å². The summed E-state index contributed by atoms with van der Waals surface area (Å²) in [5, 5.41) is 9.69. The molecule has 21 heavy (non-hydrogen) atoms. The van der Waals surface area contributed by atoms with Crippen molar-refractivity contribution in [2.45, 2.75) is 26.7 Å². The summed E-state index contributed by atoms with van der Waals surface area (Å²) in [5.41, 5.74) is 1.68. The predicted octanol–water partition coefficient (Wildman–Crippen LogP) is 1.68. The van der Waals surface area contributed by atoms with Crippen molar-refractivity contribution in [3.8, 4) is 0 Å². The Morgan fingerprint density at radius 3 is 2.95 bits per heavy atom. The molecule has 0 fully saturated rings. The van der Waals surface area contributed by atoms with Crippen molar-refractivity contribution in [3.63, 3.8) is 0 Å². The number of anilines is 1. The second-order valence-electron chi connectivity index (χ2n) is 4.81. The fourth-order valence-electron chi connectivity index (χ4n) is 2.26. The van der Waals surface area contributed by atoms with Crippen LogP contribution in [-0.4, -0.2) is 28.5 Å². The second-order valence-corrected chi connectivity index (χ2v) is 5.81. The number of nitrogens with one attached hydrogen (secondary N) is 2. The first-order valence-corrected chi connectivity index (χ1v) is 7.40. The van der Waals surface area contributed by atoms with Crippen LogP contribution >= 0.6 is 11.3 Å². The van der Waals surface area contributed by atoms with Crippen LogP contribution < -0.4 is 10.6 Å². The number of carbonyl (C=O) groups is 2. The van der Waals surface area contributed by atoms with E-state index in [4.69, 9.17) is 4.52 Å². The first kappa shape index (κ1) is 13.7. The van der Waals surface area contributed by atoms with Crippen LogP contribution in [-0.2, 0) is 6.42 Å². The van der Waals surface area contributed by atoms with Gasteiger partial charge in [-0.25, -0.2) is 4.98 Å². The quantitative estimate of drug-likeness (QED) is 0.879. The van der Waals surface area contributed by atoms with E-state index < -0.39 is 0 Å². The fraction of sp³-hybridized carbons (Fsp3) is 0.385. The molecule has 0 radical (unpaired) electrons. The molecule has 1 aliphatic rings. The Hall–Kier alpha value is -2.22. The van der Waals surface area contributed by atoms with Crippen LogP contribution in [0.4, 0.5) is 5.13 Å². The van der Waals surface area contributed by atoms with E-state index in [0.29, 0.717) is 33.6 Å². The maximum Gasteiger partial charge on any atom is 0.263 e. The van der Waals surface area contributed by atoms with Gasteiger partial charge in [0, 0.05) is 6.54 Å². The fourth-order valence-corrected chi connectivity index (χ4v) is 3.18. The molecule has 3 heterocycles. The van der Waals surface area contributed by atoms with E-state index in [1.807, 2.05) is 0 Å². The first-order valence-electron chi connectivity index (χ1n) is 6.58. The number of aryl methyl sites for hydroxylation is 3. The highest BCUT2D eigenvalue weighted by Gasteiger charge is 2.23. The Morgan fingerprint density at radius 2 is 2.24 bits per heavy atom. The minimum absolute atomic E-state index is 0.127. The summed E-state index contributed by atoms with van der Waals surface area (Å²) in [5.74, 6) is 0.00858. The lowest BCUT2D eigenvalue weighted by atomic mass is 10.2. The molecule has 0 aliphatic carbocycles. The number of aromatic nitrogens is 2. The van der Waals surface area contributed by atoms with Crippen molar-refractivity contribution < 1.29 is 14.1 Å². The van der Waals surface area contributed by atoms with Crippen molar-refractivity contribution in [1.29, 1.82) is 0 Å². The lowest BCUT2D eigenvalue weighted by Crippen LogP contribution is -2.21. The molecule has 0 spiro atoms. The summed E-state index contributed by atoms with van der Waals surface area (Å²) < 4.78 is 4.98. The lowest BCUT2D eigenvalue weighted by molar-refractivity contribution is 0.0958. The minimum Gasteiger partial charge on any atom is -0.361 e. The van der Waals surface area contributed by atoms with Gasteiger partial charge in [0.15, 0.2) is 5.13 Å². The van der Waals surface area contributed by atoms with E-state index in [0.717, 1.165) is 18.5 Å². The van der Waals surface area contributed by atoms with Gasteiger partial charge in [-0.05, 0) is 26.7 Å². The molecule has 2 N–H and O–H groups in total. The summed E-state index contributed by atoms with van der Waals surface area (Å²) in [7, 11) is 0. The summed E-state index contributed by atoms with van der Waals surface area (Å²) in [6, 6.07) is 0. The lowest BCUT2D eigenvalue weighted by Gasteiger charge is -2.00. The number of amides is 2. The largest absolute Gasteiger partial charge is 0.361 e. The highest BCUT2D eigenvalue weighted by atomic mass is 32.1. The number of rotatable bonds is 2. The van der Waals surface area contributed by atoms with Crippen LogP contribution in [0.15, 0.2) is 4.52 Å². The van der Waals surface area contributed by atoms with Gasteiger partial charge in [-0.3, -0.25) is 14.9 Å². The average Bonchev–Trinajstić information content (AvgIpc) is 2.93. The number of hydrogen-bond acceptors (Lipinski definition) is 6. The summed E-state index contributed by atoms with van der Waals surface area (Å²) in [6.45, 7) is 4.04. The van der Waals surface area contributed by atoms with Crippen LogP contribution in [0.3, 0.4) is 0 Å². The maximum absolute atomic E-state index is 12.2. The highest BCUT2D eigenvalue weighted by molar-refractivity contribution is 7.17. The Bertz CT molecular complexity index is 700. The molecule has 0 saturated carbocycles. The van der Waals surface area contributed by atoms with Gasteiger partial charge in [-0.2, -0.15) is 0 Å². The number of hydrogen-bond donors (Lipinski definition) is 2. The van der Waals surface area contributed by atoms with Gasteiger partial charge in [0.05, 0.1) is 11.4 Å². The van der Waals surface area contributed by atoms with Crippen LogP contribution in [0, 0.1) is 13.8 Å². The molecule has 0 aromatic carbocycles. The molecule has 0 atom stereocenters. The summed E-state index contributed by atoms with van der Waals surface area (Å²) in [4.78, 5) is 29.0. The molecular formula is C13H14N4O3S. The zero-order valence-electron chi connectivity index (χ0n) is 11.6. The molecule has 2 aromatic heterocycles. The summed E-state index contributed by atoms with van der Waals surface area (Å²) >= 11 is 1.19. The monoisotopic (exact) mass is 306 g/mol. The zero-order chi connectivity index (χ0) is 15.0. The van der Waals surface area contributed by atoms with E-state index in [-0.39, 0.29) is 11.8 Å². The third-order valence-corrected chi connectivity index (χ3v) is 4.27. The van der Waals surface area contributed by atoms with Crippen LogP contribution in [0.25, 0.3) is 0 Å². The Morgan fingerprint density at radius 1 is 1.43 bits per heavy atom. The molecule has 0 bridgehead atoms. The van der Waals surface area contributed by atoms with E-state index in [9.17, 15) is 9.59 Å². The van der Waals surface area contributed by atoms with Crippen molar-refractivity contribution in [3.05, 3.63) is 27.6 Å². The van der Waals surface area contributed by atoms with Crippen LogP contribution in [0.5, 0.6) is 0 Å². The van der Waals surface area contributed by atoms with Crippen molar-refractivity contribution >= 4 is 28.3 Å². The Kier molecular flexibility index (Phi) is 3.46. The number of fused-ring (bicyclic) bond motifs is 1. The molecule has 7 nitrogen and oxygen atoms in total. The molecule has 0 saturated heterocycles. The van der Waals surface area contributed by atoms with Crippen LogP contribution in [0.2, 0.25) is 0 Å². The summed E-state index contributed by atoms with van der Waals surface area (Å²) in [6.07, 6.45) is 1.57. The highest BCUT2D eigenvalue weighted by Crippen LogP contribution is 2.26. The third-order valence-electron chi connectivity index (χ3n) is 3.26. The zero-order valence-corrected chi connectivity index (χ0v) is 12.5. The van der Waals surface area contributed by atoms with Crippen LogP contribution in [0.1, 0.15) is 43.6 Å². The van der Waals surface area contributed by atoms with Crippen molar-refractivity contribution in [2.75, 3.05) is 11.9 Å². The standard InChI is InChI=1S/C13H14N4O3S/c1-6-9(7(2)20-17-6)11(18)16-13-15-8-4-3-5-14-12(19)10(8)21-13/h3-5H2,1-2H3,(H,14,19)(H,15,16,18). The van der Waals surface area contributed by atoms with Gasteiger partial charge in [-0.15, -0.1) is 0 Å².